The van der Waals surface area contributed by atoms with Crippen LogP contribution in [0.5, 0.6) is 0 Å². The minimum absolute atomic E-state index is 0.117. The molecule has 134 valence electrons. The van der Waals surface area contributed by atoms with E-state index in [4.69, 9.17) is 0 Å². The normalized spacial score (nSPS) is 51.4. The van der Waals surface area contributed by atoms with Gasteiger partial charge in [0.1, 0.15) is 0 Å². The molecule has 0 amide bonds. The fourth-order valence-electron chi connectivity index (χ4n) is 7.40. The van der Waals surface area contributed by atoms with E-state index in [1.165, 1.54) is 32.1 Å². The van der Waals surface area contributed by atoms with Gasteiger partial charge in [-0.3, -0.25) is 0 Å². The third kappa shape index (κ3) is 2.16. The SMILES string of the molecule is C/C(=N/O)C1CCC2C3CC=C4CC(O)CCC4(C)C3CCC12C. The van der Waals surface area contributed by atoms with E-state index in [9.17, 15) is 10.3 Å². The summed E-state index contributed by atoms with van der Waals surface area (Å²) in [4.78, 5) is 0. The molecule has 3 nitrogen and oxygen atoms in total. The Morgan fingerprint density at radius 2 is 1.92 bits per heavy atom. The van der Waals surface area contributed by atoms with Crippen molar-refractivity contribution >= 4 is 5.71 Å². The van der Waals surface area contributed by atoms with Crippen molar-refractivity contribution in [1.82, 2.24) is 0 Å². The van der Waals surface area contributed by atoms with Gasteiger partial charge in [0, 0.05) is 5.92 Å². The Kier molecular flexibility index (Phi) is 3.87. The number of fused-ring (bicyclic) bond motifs is 5. The lowest BCUT2D eigenvalue weighted by atomic mass is 9.47. The summed E-state index contributed by atoms with van der Waals surface area (Å²) < 4.78 is 0. The van der Waals surface area contributed by atoms with Gasteiger partial charge in [-0.2, -0.15) is 0 Å². The average Bonchev–Trinajstić information content (AvgIpc) is 2.92. The summed E-state index contributed by atoms with van der Waals surface area (Å²) in [5.74, 6) is 2.79. The van der Waals surface area contributed by atoms with Crippen molar-refractivity contribution < 1.29 is 10.3 Å². The third-order valence-corrected chi connectivity index (χ3v) is 8.74. The molecule has 3 heteroatoms. The number of rotatable bonds is 1. The van der Waals surface area contributed by atoms with E-state index in [2.05, 4.69) is 25.1 Å². The zero-order valence-electron chi connectivity index (χ0n) is 15.5. The smallest absolute Gasteiger partial charge is 0.0577 e. The van der Waals surface area contributed by atoms with Crippen LogP contribution in [0.1, 0.15) is 72.1 Å². The molecule has 0 aromatic rings. The molecule has 0 aromatic heterocycles. The van der Waals surface area contributed by atoms with E-state index in [0.717, 1.165) is 42.7 Å². The van der Waals surface area contributed by atoms with E-state index < -0.39 is 0 Å². The predicted molar refractivity (Wildman–Crippen MR) is 96.1 cm³/mol. The highest BCUT2D eigenvalue weighted by atomic mass is 16.4. The topological polar surface area (TPSA) is 52.8 Å². The van der Waals surface area contributed by atoms with Crippen molar-refractivity contribution in [3.05, 3.63) is 11.6 Å². The van der Waals surface area contributed by atoms with Crippen molar-refractivity contribution in [3.63, 3.8) is 0 Å². The molecule has 4 aliphatic rings. The Balaban J connectivity index is 1.65. The molecule has 0 spiro atoms. The molecule has 0 bridgehead atoms. The zero-order chi connectivity index (χ0) is 17.1. The molecule has 0 heterocycles. The van der Waals surface area contributed by atoms with E-state index in [0.29, 0.717) is 16.7 Å². The molecule has 7 atom stereocenters. The quantitative estimate of drug-likeness (QED) is 0.314. The first-order chi connectivity index (χ1) is 11.4. The zero-order valence-corrected chi connectivity index (χ0v) is 15.5. The standard InChI is InChI=1S/C21H33NO2/c1-13(22-24)17-6-7-18-16-5-4-14-12-15(23)8-10-20(14,2)19(16)9-11-21(17,18)3/h4,15-19,23-24H,5-12H2,1-3H3/b22-13-. The molecule has 3 saturated carbocycles. The van der Waals surface area contributed by atoms with E-state index in [-0.39, 0.29) is 6.10 Å². The summed E-state index contributed by atoms with van der Waals surface area (Å²) in [6.45, 7) is 6.95. The molecule has 3 fully saturated rings. The molecule has 0 saturated heterocycles. The lowest BCUT2D eigenvalue weighted by Gasteiger charge is -2.58. The monoisotopic (exact) mass is 331 g/mol. The molecule has 2 N–H and O–H groups in total. The third-order valence-electron chi connectivity index (χ3n) is 8.74. The van der Waals surface area contributed by atoms with Crippen LogP contribution in [0, 0.1) is 34.5 Å². The minimum Gasteiger partial charge on any atom is -0.411 e. The lowest BCUT2D eigenvalue weighted by molar-refractivity contribution is -0.0425. The number of allylic oxidation sites excluding steroid dienone is 1. The number of aliphatic hydroxyl groups is 1. The van der Waals surface area contributed by atoms with Gasteiger partial charge in [-0.05, 0) is 86.9 Å². The van der Waals surface area contributed by atoms with Gasteiger partial charge < -0.3 is 10.3 Å². The van der Waals surface area contributed by atoms with Crippen molar-refractivity contribution in [2.45, 2.75) is 78.2 Å². The van der Waals surface area contributed by atoms with Gasteiger partial charge in [-0.15, -0.1) is 0 Å². The number of aliphatic hydroxyl groups excluding tert-OH is 1. The van der Waals surface area contributed by atoms with Crippen LogP contribution in [0.3, 0.4) is 0 Å². The highest BCUT2D eigenvalue weighted by Gasteiger charge is 2.59. The Labute approximate surface area is 146 Å². The first-order valence-electron chi connectivity index (χ1n) is 9.96. The van der Waals surface area contributed by atoms with Gasteiger partial charge in [0.25, 0.3) is 0 Å². The predicted octanol–water partition coefficient (Wildman–Crippen LogP) is 4.78. The summed E-state index contributed by atoms with van der Waals surface area (Å²) in [6, 6.07) is 0. The van der Waals surface area contributed by atoms with Gasteiger partial charge in [-0.1, -0.05) is 30.7 Å². The van der Waals surface area contributed by atoms with Gasteiger partial charge in [0.2, 0.25) is 0 Å². The molecule has 4 aliphatic carbocycles. The van der Waals surface area contributed by atoms with E-state index in [1.54, 1.807) is 5.57 Å². The van der Waals surface area contributed by atoms with Crippen molar-refractivity contribution in [1.29, 1.82) is 0 Å². The highest BCUT2D eigenvalue weighted by molar-refractivity contribution is 5.85. The number of hydrogen-bond donors (Lipinski definition) is 2. The van der Waals surface area contributed by atoms with Crippen LogP contribution in [0.25, 0.3) is 0 Å². The Bertz CT molecular complexity index is 582. The summed E-state index contributed by atoms with van der Waals surface area (Å²) in [5, 5.41) is 23.0. The van der Waals surface area contributed by atoms with Crippen LogP contribution in [0.4, 0.5) is 0 Å². The first-order valence-corrected chi connectivity index (χ1v) is 9.96. The maximum Gasteiger partial charge on any atom is 0.0577 e. The molecule has 7 unspecified atom stereocenters. The number of hydrogen-bond acceptors (Lipinski definition) is 3. The molecule has 0 aromatic carbocycles. The fourth-order valence-corrected chi connectivity index (χ4v) is 7.40. The summed E-state index contributed by atoms with van der Waals surface area (Å²) in [6.07, 6.45) is 11.7. The fraction of sp³-hybridized carbons (Fsp3) is 0.857. The second kappa shape index (κ2) is 5.59. The van der Waals surface area contributed by atoms with Gasteiger partial charge in [-0.25, -0.2) is 0 Å². The first kappa shape index (κ1) is 16.6. The second-order valence-electron chi connectivity index (χ2n) is 9.57. The maximum atomic E-state index is 10.1. The van der Waals surface area contributed by atoms with E-state index >= 15 is 0 Å². The Morgan fingerprint density at radius 1 is 1.12 bits per heavy atom. The van der Waals surface area contributed by atoms with Crippen LogP contribution in [-0.4, -0.2) is 22.1 Å². The average molecular weight is 332 g/mol. The van der Waals surface area contributed by atoms with Crippen molar-refractivity contribution in [2.24, 2.45) is 39.7 Å². The number of oxime groups is 1. The molecule has 24 heavy (non-hydrogen) atoms. The highest BCUT2D eigenvalue weighted by Crippen LogP contribution is 2.66. The molecule has 0 radical (unpaired) electrons. The van der Waals surface area contributed by atoms with Crippen LogP contribution in [0.15, 0.2) is 16.8 Å². The Hall–Kier alpha value is -0.830. The molecule has 4 rings (SSSR count). The number of nitrogens with zero attached hydrogens (tertiary/aromatic N) is 1. The van der Waals surface area contributed by atoms with Gasteiger partial charge >= 0.3 is 0 Å². The maximum absolute atomic E-state index is 10.1. The minimum atomic E-state index is -0.117. The summed E-state index contributed by atoms with van der Waals surface area (Å²) in [5.41, 5.74) is 3.13. The van der Waals surface area contributed by atoms with Crippen LogP contribution in [-0.2, 0) is 0 Å². The summed E-state index contributed by atoms with van der Waals surface area (Å²) >= 11 is 0. The van der Waals surface area contributed by atoms with Crippen molar-refractivity contribution in [2.75, 3.05) is 0 Å². The Morgan fingerprint density at radius 3 is 2.67 bits per heavy atom. The summed E-state index contributed by atoms with van der Waals surface area (Å²) in [7, 11) is 0. The largest absolute Gasteiger partial charge is 0.411 e. The van der Waals surface area contributed by atoms with E-state index in [1.807, 2.05) is 6.92 Å². The van der Waals surface area contributed by atoms with Gasteiger partial charge in [0.15, 0.2) is 0 Å². The van der Waals surface area contributed by atoms with Crippen LogP contribution < -0.4 is 0 Å². The molecule has 0 aliphatic heterocycles. The second-order valence-corrected chi connectivity index (χ2v) is 9.57. The van der Waals surface area contributed by atoms with Crippen LogP contribution in [0.2, 0.25) is 0 Å². The van der Waals surface area contributed by atoms with Gasteiger partial charge in [0.05, 0.1) is 11.8 Å². The van der Waals surface area contributed by atoms with Crippen molar-refractivity contribution in [3.8, 4) is 0 Å². The molecular weight excluding hydrogens is 298 g/mol. The molecular formula is C21H33NO2. The lowest BCUT2D eigenvalue weighted by Crippen LogP contribution is -2.50. The van der Waals surface area contributed by atoms with Crippen LogP contribution >= 0.6 is 0 Å².